The number of hydrogen-bond acceptors (Lipinski definition) is 3. The molecule has 2 rings (SSSR count). The van der Waals surface area contributed by atoms with Crippen LogP contribution in [0.5, 0.6) is 5.75 Å². The van der Waals surface area contributed by atoms with E-state index in [1.165, 1.54) is 0 Å². The number of nitrogens with zero attached hydrogens (tertiary/aromatic N) is 1. The van der Waals surface area contributed by atoms with E-state index >= 15 is 0 Å². The van der Waals surface area contributed by atoms with Crippen LogP contribution in [0.3, 0.4) is 0 Å². The first-order valence-corrected chi connectivity index (χ1v) is 11.0. The van der Waals surface area contributed by atoms with Crippen LogP contribution in [0.1, 0.15) is 45.2 Å². The molecule has 0 aliphatic heterocycles. The first-order chi connectivity index (χ1) is 14.6. The highest BCUT2D eigenvalue weighted by Gasteiger charge is 2.31. The molecular formula is C24H30Cl2N2O3. The largest absolute Gasteiger partial charge is 0.497 e. The van der Waals surface area contributed by atoms with Crippen molar-refractivity contribution in [3.8, 4) is 5.75 Å². The van der Waals surface area contributed by atoms with Crippen LogP contribution in [0.15, 0.2) is 42.5 Å². The molecule has 0 aliphatic rings. The fraction of sp³-hybridized carbons (Fsp3) is 0.417. The summed E-state index contributed by atoms with van der Waals surface area (Å²) >= 11 is 12.7. The summed E-state index contributed by atoms with van der Waals surface area (Å²) in [5, 5.41) is 3.90. The van der Waals surface area contributed by atoms with Gasteiger partial charge in [-0.2, -0.15) is 0 Å². The molecule has 0 saturated heterocycles. The van der Waals surface area contributed by atoms with Gasteiger partial charge in [0, 0.05) is 27.7 Å². The minimum atomic E-state index is -0.655. The summed E-state index contributed by atoms with van der Waals surface area (Å²) in [6.07, 6.45) is 0.601. The van der Waals surface area contributed by atoms with Gasteiger partial charge in [0.05, 0.1) is 13.5 Å². The molecule has 0 heterocycles. The standard InChI is InChI=1S/C24H30Cl2N2O3/c1-6-21(23(30)27-24(2,3)4)28(15-18-19(25)8-7-9-20(18)26)22(29)14-16-10-12-17(31-5)13-11-16/h7-13,21H,6,14-15H2,1-5H3,(H,27,30)/t21-/m1/s1. The summed E-state index contributed by atoms with van der Waals surface area (Å²) in [5.74, 6) is 0.324. The highest BCUT2D eigenvalue weighted by Crippen LogP contribution is 2.27. The number of benzene rings is 2. The van der Waals surface area contributed by atoms with Crippen LogP contribution in [-0.2, 0) is 22.6 Å². The van der Waals surface area contributed by atoms with Gasteiger partial charge < -0.3 is 15.0 Å². The van der Waals surface area contributed by atoms with Gasteiger partial charge in [-0.05, 0) is 57.0 Å². The van der Waals surface area contributed by atoms with E-state index < -0.39 is 11.6 Å². The molecule has 0 saturated carbocycles. The molecule has 0 unspecified atom stereocenters. The molecule has 2 aromatic carbocycles. The second-order valence-electron chi connectivity index (χ2n) is 8.41. The van der Waals surface area contributed by atoms with Crippen LogP contribution < -0.4 is 10.1 Å². The Kier molecular flexibility index (Phi) is 8.78. The molecule has 31 heavy (non-hydrogen) atoms. The predicted molar refractivity (Wildman–Crippen MR) is 126 cm³/mol. The summed E-state index contributed by atoms with van der Waals surface area (Å²) in [7, 11) is 1.59. The molecule has 0 aliphatic carbocycles. The predicted octanol–water partition coefficient (Wildman–Crippen LogP) is 5.27. The SMILES string of the molecule is CC[C@H](C(=O)NC(C)(C)C)N(Cc1c(Cl)cccc1Cl)C(=O)Cc1ccc(OC)cc1. The number of carbonyl (C=O) groups excluding carboxylic acids is 2. The summed E-state index contributed by atoms with van der Waals surface area (Å²) < 4.78 is 5.18. The molecule has 2 aromatic rings. The van der Waals surface area contributed by atoms with Crippen LogP contribution in [0.4, 0.5) is 0 Å². The monoisotopic (exact) mass is 464 g/mol. The van der Waals surface area contributed by atoms with Crippen LogP contribution in [0, 0.1) is 0 Å². The van der Waals surface area contributed by atoms with Crippen molar-refractivity contribution in [3.63, 3.8) is 0 Å². The van der Waals surface area contributed by atoms with E-state index in [2.05, 4.69) is 5.32 Å². The second-order valence-corrected chi connectivity index (χ2v) is 9.22. The second kappa shape index (κ2) is 10.9. The lowest BCUT2D eigenvalue weighted by molar-refractivity contribution is -0.141. The highest BCUT2D eigenvalue weighted by atomic mass is 35.5. The number of nitrogens with one attached hydrogen (secondary N) is 1. The van der Waals surface area contributed by atoms with Gasteiger partial charge in [0.2, 0.25) is 11.8 Å². The van der Waals surface area contributed by atoms with Gasteiger partial charge in [0.1, 0.15) is 11.8 Å². The van der Waals surface area contributed by atoms with Gasteiger partial charge in [-0.25, -0.2) is 0 Å². The maximum absolute atomic E-state index is 13.4. The molecule has 5 nitrogen and oxygen atoms in total. The van der Waals surface area contributed by atoms with Gasteiger partial charge in [-0.1, -0.05) is 48.3 Å². The fourth-order valence-electron chi connectivity index (χ4n) is 3.25. The Morgan fingerprint density at radius 3 is 2.13 bits per heavy atom. The average molecular weight is 465 g/mol. The highest BCUT2D eigenvalue weighted by molar-refractivity contribution is 6.36. The third kappa shape index (κ3) is 7.15. The molecule has 0 radical (unpaired) electrons. The molecular weight excluding hydrogens is 435 g/mol. The number of amides is 2. The van der Waals surface area contributed by atoms with Crippen molar-refractivity contribution in [2.24, 2.45) is 0 Å². The molecule has 2 amide bonds. The Morgan fingerprint density at radius 1 is 1.06 bits per heavy atom. The third-order valence-corrected chi connectivity index (χ3v) is 5.50. The quantitative estimate of drug-likeness (QED) is 0.578. The van der Waals surface area contributed by atoms with Crippen molar-refractivity contribution in [2.45, 2.75) is 58.7 Å². The number of methoxy groups -OCH3 is 1. The fourth-order valence-corrected chi connectivity index (χ4v) is 3.76. The number of rotatable bonds is 8. The zero-order chi connectivity index (χ0) is 23.2. The number of carbonyl (C=O) groups is 2. The summed E-state index contributed by atoms with van der Waals surface area (Å²) in [6.45, 7) is 7.75. The first-order valence-electron chi connectivity index (χ1n) is 10.2. The van der Waals surface area contributed by atoms with Gasteiger partial charge in [0.15, 0.2) is 0 Å². The Balaban J connectivity index is 2.37. The van der Waals surface area contributed by atoms with E-state index in [1.807, 2.05) is 52.0 Å². The van der Waals surface area contributed by atoms with Gasteiger partial charge >= 0.3 is 0 Å². The third-order valence-electron chi connectivity index (χ3n) is 4.79. The Morgan fingerprint density at radius 2 is 1.65 bits per heavy atom. The van der Waals surface area contributed by atoms with Crippen LogP contribution in [0.2, 0.25) is 10.0 Å². The maximum atomic E-state index is 13.4. The number of hydrogen-bond donors (Lipinski definition) is 1. The lowest BCUT2D eigenvalue weighted by Gasteiger charge is -2.33. The molecule has 0 spiro atoms. The summed E-state index contributed by atoms with van der Waals surface area (Å²) in [5.41, 5.74) is 1.03. The molecule has 168 valence electrons. The Hall–Kier alpha value is -2.24. The van der Waals surface area contributed by atoms with Crippen LogP contribution in [-0.4, -0.2) is 35.4 Å². The van der Waals surface area contributed by atoms with E-state index in [-0.39, 0.29) is 24.8 Å². The molecule has 7 heteroatoms. The van der Waals surface area contributed by atoms with E-state index in [1.54, 1.807) is 30.2 Å². The lowest BCUT2D eigenvalue weighted by atomic mass is 10.0. The zero-order valence-electron chi connectivity index (χ0n) is 18.7. The summed E-state index contributed by atoms with van der Waals surface area (Å²) in [6, 6.07) is 11.8. The van der Waals surface area contributed by atoms with Gasteiger partial charge in [-0.3, -0.25) is 9.59 Å². The Labute approximate surface area is 194 Å². The molecule has 1 atom stereocenters. The first kappa shape index (κ1) is 25.0. The van der Waals surface area contributed by atoms with Crippen molar-refractivity contribution in [2.75, 3.05) is 7.11 Å². The lowest BCUT2D eigenvalue weighted by Crippen LogP contribution is -2.53. The normalized spacial score (nSPS) is 12.2. The number of ether oxygens (including phenoxy) is 1. The minimum Gasteiger partial charge on any atom is -0.497 e. The summed E-state index contributed by atoms with van der Waals surface area (Å²) in [4.78, 5) is 28.0. The van der Waals surface area contributed by atoms with E-state index in [4.69, 9.17) is 27.9 Å². The minimum absolute atomic E-state index is 0.142. The van der Waals surface area contributed by atoms with Crippen molar-refractivity contribution in [1.29, 1.82) is 0 Å². The van der Waals surface area contributed by atoms with Gasteiger partial charge in [-0.15, -0.1) is 0 Å². The van der Waals surface area contributed by atoms with E-state index in [9.17, 15) is 9.59 Å². The van der Waals surface area contributed by atoms with Crippen molar-refractivity contribution >= 4 is 35.0 Å². The molecule has 0 aromatic heterocycles. The molecule has 0 bridgehead atoms. The molecule has 0 fully saturated rings. The Bertz CT molecular complexity index is 888. The van der Waals surface area contributed by atoms with Crippen molar-refractivity contribution < 1.29 is 14.3 Å². The maximum Gasteiger partial charge on any atom is 0.243 e. The topological polar surface area (TPSA) is 58.6 Å². The smallest absolute Gasteiger partial charge is 0.243 e. The zero-order valence-corrected chi connectivity index (χ0v) is 20.2. The average Bonchev–Trinajstić information content (AvgIpc) is 2.69. The van der Waals surface area contributed by atoms with Crippen LogP contribution >= 0.6 is 23.2 Å². The van der Waals surface area contributed by atoms with Crippen LogP contribution in [0.25, 0.3) is 0 Å². The van der Waals surface area contributed by atoms with E-state index in [0.717, 1.165) is 5.56 Å². The molecule has 1 N–H and O–H groups in total. The van der Waals surface area contributed by atoms with E-state index in [0.29, 0.717) is 27.8 Å². The van der Waals surface area contributed by atoms with Gasteiger partial charge in [0.25, 0.3) is 0 Å². The van der Waals surface area contributed by atoms with Crippen molar-refractivity contribution in [3.05, 3.63) is 63.6 Å². The van der Waals surface area contributed by atoms with Crippen molar-refractivity contribution in [1.82, 2.24) is 10.2 Å². The number of halogens is 2.